The van der Waals surface area contributed by atoms with Crippen LogP contribution < -0.4 is 4.74 Å². The number of aromatic nitrogens is 2. The number of hydrogen-bond donors (Lipinski definition) is 0. The second kappa shape index (κ2) is 8.02. The van der Waals surface area contributed by atoms with Gasteiger partial charge in [0.1, 0.15) is 17.5 Å². The third kappa shape index (κ3) is 4.58. The fraction of sp³-hybridized carbons (Fsp3) is 0.636. The van der Waals surface area contributed by atoms with Gasteiger partial charge in [-0.25, -0.2) is 9.18 Å². The first-order chi connectivity index (χ1) is 13.8. The molecule has 1 amide bonds. The van der Waals surface area contributed by atoms with Crippen molar-refractivity contribution in [3.05, 3.63) is 22.8 Å². The second-order valence-electron chi connectivity index (χ2n) is 9.94. The summed E-state index contributed by atoms with van der Waals surface area (Å²) >= 11 is 3.48. The zero-order chi connectivity index (χ0) is 22.4. The van der Waals surface area contributed by atoms with E-state index >= 15 is 4.39 Å². The highest BCUT2D eigenvalue weighted by Crippen LogP contribution is 2.40. The summed E-state index contributed by atoms with van der Waals surface area (Å²) in [5.74, 6) is 0.678. The molecule has 0 N–H and O–H groups in total. The minimum absolute atomic E-state index is 0.408. The topological polar surface area (TPSA) is 56.6 Å². The number of methoxy groups -OCH3 is 1. The fourth-order valence-electron chi connectivity index (χ4n) is 4.07. The highest BCUT2D eigenvalue weighted by Gasteiger charge is 2.48. The van der Waals surface area contributed by atoms with Crippen LogP contribution >= 0.6 is 15.9 Å². The average Bonchev–Trinajstić information content (AvgIpc) is 3.00. The number of benzene rings is 1. The lowest BCUT2D eigenvalue weighted by atomic mass is 9.78. The first-order valence-corrected chi connectivity index (χ1v) is 11.0. The molecule has 166 valence electrons. The van der Waals surface area contributed by atoms with Gasteiger partial charge >= 0.3 is 6.09 Å². The van der Waals surface area contributed by atoms with Crippen LogP contribution in [0.3, 0.4) is 0 Å². The average molecular weight is 484 g/mol. The van der Waals surface area contributed by atoms with Gasteiger partial charge in [0.25, 0.3) is 0 Å². The van der Waals surface area contributed by atoms with Crippen LogP contribution in [0.15, 0.2) is 22.8 Å². The smallest absolute Gasteiger partial charge is 0.410 e. The van der Waals surface area contributed by atoms with Gasteiger partial charge < -0.3 is 14.4 Å². The number of nitrogens with zero attached hydrogens (tertiary/aromatic N) is 3. The van der Waals surface area contributed by atoms with Gasteiger partial charge in [-0.05, 0) is 54.6 Å². The number of halogens is 2. The molecule has 8 heteroatoms. The van der Waals surface area contributed by atoms with E-state index in [1.165, 1.54) is 0 Å². The number of ether oxygens (including phenoxy) is 2. The van der Waals surface area contributed by atoms with Gasteiger partial charge in [0.05, 0.1) is 29.2 Å². The molecule has 1 aliphatic heterocycles. The Morgan fingerprint density at radius 3 is 2.47 bits per heavy atom. The highest BCUT2D eigenvalue weighted by atomic mass is 79.9. The molecule has 2 aromatic rings. The Balaban J connectivity index is 1.93. The molecule has 1 saturated heterocycles. The summed E-state index contributed by atoms with van der Waals surface area (Å²) in [6.07, 6.45) is 0.563. The van der Waals surface area contributed by atoms with Crippen molar-refractivity contribution in [2.45, 2.75) is 71.8 Å². The van der Waals surface area contributed by atoms with Crippen molar-refractivity contribution in [2.24, 2.45) is 5.41 Å². The Kier molecular flexibility index (Phi) is 6.11. The third-order valence-corrected chi connectivity index (χ3v) is 5.94. The quantitative estimate of drug-likeness (QED) is 0.546. The van der Waals surface area contributed by atoms with Crippen molar-refractivity contribution in [3.8, 4) is 5.75 Å². The van der Waals surface area contributed by atoms with Gasteiger partial charge in [-0.3, -0.25) is 4.68 Å². The molecule has 1 aliphatic rings. The molecule has 1 unspecified atom stereocenters. The normalized spacial score (nSPS) is 23.0. The minimum Gasteiger partial charge on any atom is -0.495 e. The first-order valence-electron chi connectivity index (χ1n) is 10.2. The number of alkyl halides is 1. The fourth-order valence-corrected chi connectivity index (χ4v) is 4.59. The van der Waals surface area contributed by atoms with Crippen LogP contribution in [-0.2, 0) is 4.74 Å². The summed E-state index contributed by atoms with van der Waals surface area (Å²) in [4.78, 5) is 14.4. The zero-order valence-electron chi connectivity index (χ0n) is 18.7. The molecule has 3 rings (SSSR count). The van der Waals surface area contributed by atoms with Gasteiger partial charge in [0.15, 0.2) is 0 Å². The van der Waals surface area contributed by atoms with E-state index in [0.29, 0.717) is 18.7 Å². The molecule has 2 heterocycles. The summed E-state index contributed by atoms with van der Waals surface area (Å²) in [6, 6.07) is 2.66. The summed E-state index contributed by atoms with van der Waals surface area (Å²) in [7, 11) is 1.60. The van der Waals surface area contributed by atoms with E-state index in [0.717, 1.165) is 15.4 Å². The van der Waals surface area contributed by atoms with Crippen LogP contribution in [0, 0.1) is 5.41 Å². The maximum absolute atomic E-state index is 15.9. The second-order valence-corrected chi connectivity index (χ2v) is 10.8. The first kappa shape index (κ1) is 22.8. The Bertz CT molecular complexity index is 932. The lowest BCUT2D eigenvalue weighted by Gasteiger charge is -2.47. The number of rotatable bonds is 2. The van der Waals surface area contributed by atoms with E-state index in [1.807, 2.05) is 59.9 Å². The summed E-state index contributed by atoms with van der Waals surface area (Å²) in [6.45, 7) is 11.7. The Morgan fingerprint density at radius 2 is 1.90 bits per heavy atom. The molecule has 1 aromatic carbocycles. The monoisotopic (exact) mass is 483 g/mol. The summed E-state index contributed by atoms with van der Waals surface area (Å²) in [5.41, 5.74) is -0.355. The lowest BCUT2D eigenvalue weighted by Crippen LogP contribution is -2.59. The largest absolute Gasteiger partial charge is 0.495 e. The van der Waals surface area contributed by atoms with Crippen molar-refractivity contribution in [3.63, 3.8) is 0 Å². The number of carbonyl (C=O) groups is 1. The Labute approximate surface area is 185 Å². The molecule has 0 aliphatic carbocycles. The molecule has 1 fully saturated rings. The number of carbonyl (C=O) groups excluding carboxylic acids is 1. The van der Waals surface area contributed by atoms with Crippen molar-refractivity contribution >= 4 is 32.9 Å². The van der Waals surface area contributed by atoms with E-state index in [-0.39, 0.29) is 0 Å². The number of fused-ring (bicyclic) bond motifs is 1. The summed E-state index contributed by atoms with van der Waals surface area (Å²) < 4.78 is 29.4. The minimum atomic E-state index is -1.29. The van der Waals surface area contributed by atoms with Crippen LogP contribution in [-0.4, -0.2) is 52.2 Å². The molecule has 0 saturated carbocycles. The predicted octanol–water partition coefficient (Wildman–Crippen LogP) is 5.74. The molecular formula is C22H31BrFN3O3. The maximum atomic E-state index is 15.9. The standard InChI is InChI=1S/C22H31BrFN3O3/c1-21(2,3)19-18(24)16(8-9-26(19)20(28)30-22(4,5)6)27-12-13-10-14(23)17(29-7)11-15(13)25-27/h10-12,16,18-19H,8-9H2,1-7H3/t16-,18-,19?/m1/s1. The van der Waals surface area contributed by atoms with Crippen molar-refractivity contribution < 1.29 is 18.7 Å². The molecule has 0 bridgehead atoms. The van der Waals surface area contributed by atoms with Gasteiger partial charge in [-0.2, -0.15) is 5.10 Å². The molecule has 3 atom stereocenters. The van der Waals surface area contributed by atoms with Crippen LogP contribution in [0.1, 0.15) is 54.0 Å². The van der Waals surface area contributed by atoms with Gasteiger partial charge in [0.2, 0.25) is 0 Å². The van der Waals surface area contributed by atoms with Crippen molar-refractivity contribution in [1.29, 1.82) is 0 Å². The van der Waals surface area contributed by atoms with E-state index in [9.17, 15) is 4.79 Å². The molecule has 0 radical (unpaired) electrons. The van der Waals surface area contributed by atoms with Crippen LogP contribution in [0.5, 0.6) is 5.75 Å². The number of amides is 1. The van der Waals surface area contributed by atoms with Gasteiger partial charge in [-0.1, -0.05) is 20.8 Å². The molecule has 1 aromatic heterocycles. The van der Waals surface area contributed by atoms with Gasteiger partial charge in [-0.15, -0.1) is 0 Å². The Morgan fingerprint density at radius 1 is 1.23 bits per heavy atom. The van der Waals surface area contributed by atoms with Crippen LogP contribution in [0.25, 0.3) is 10.9 Å². The third-order valence-electron chi connectivity index (χ3n) is 5.32. The lowest BCUT2D eigenvalue weighted by molar-refractivity contribution is -0.0480. The number of likely N-dealkylation sites (tertiary alicyclic amines) is 1. The van der Waals surface area contributed by atoms with Crippen molar-refractivity contribution in [2.75, 3.05) is 13.7 Å². The molecule has 0 spiro atoms. The highest BCUT2D eigenvalue weighted by molar-refractivity contribution is 9.10. The van der Waals surface area contributed by atoms with Crippen LogP contribution in [0.2, 0.25) is 0 Å². The van der Waals surface area contributed by atoms with E-state index in [4.69, 9.17) is 9.47 Å². The zero-order valence-corrected chi connectivity index (χ0v) is 20.3. The number of hydrogen-bond acceptors (Lipinski definition) is 4. The molecule has 6 nitrogen and oxygen atoms in total. The van der Waals surface area contributed by atoms with Crippen LogP contribution in [0.4, 0.5) is 9.18 Å². The van der Waals surface area contributed by atoms with E-state index in [2.05, 4.69) is 21.0 Å². The van der Waals surface area contributed by atoms with Gasteiger partial charge in [0, 0.05) is 24.2 Å². The number of piperidine rings is 1. The van der Waals surface area contributed by atoms with E-state index < -0.39 is 35.4 Å². The SMILES string of the molecule is COc1cc2nn([C@@H]3CCN(C(=O)OC(C)(C)C)C(C(C)(C)C)[C@@H]3F)cc2cc1Br. The molecular weight excluding hydrogens is 453 g/mol. The maximum Gasteiger partial charge on any atom is 0.410 e. The van der Waals surface area contributed by atoms with Crippen molar-refractivity contribution in [1.82, 2.24) is 14.7 Å². The molecule has 30 heavy (non-hydrogen) atoms. The predicted molar refractivity (Wildman–Crippen MR) is 119 cm³/mol. The Hall–Kier alpha value is -1.83. The summed E-state index contributed by atoms with van der Waals surface area (Å²) in [5, 5.41) is 5.52. The van der Waals surface area contributed by atoms with E-state index in [1.54, 1.807) is 16.7 Å².